The molecule has 0 bridgehead atoms. The van der Waals surface area contributed by atoms with Gasteiger partial charge in [0, 0.05) is 29.8 Å². The first kappa shape index (κ1) is 34.0. The van der Waals surface area contributed by atoms with Gasteiger partial charge in [0.05, 0.1) is 33.5 Å². The Balaban J connectivity index is 0.00000423. The maximum Gasteiger partial charge on any atom is 1.00 e. The summed E-state index contributed by atoms with van der Waals surface area (Å²) in [6.07, 6.45) is 5.34. The van der Waals surface area contributed by atoms with Crippen molar-refractivity contribution in [2.75, 3.05) is 28.0 Å². The van der Waals surface area contributed by atoms with E-state index in [4.69, 9.17) is 18.2 Å². The second-order valence-electron chi connectivity index (χ2n) is 9.49. The Hall–Kier alpha value is -1.87. The van der Waals surface area contributed by atoms with E-state index in [0.717, 1.165) is 26.0 Å². The van der Waals surface area contributed by atoms with Crippen LogP contribution in [0.3, 0.4) is 0 Å². The molecule has 0 atom stereocenters. The summed E-state index contributed by atoms with van der Waals surface area (Å²) in [4.78, 5) is 6.55. The molecule has 0 fully saturated rings. The summed E-state index contributed by atoms with van der Waals surface area (Å²) in [5.74, 6) is -0.919. The van der Waals surface area contributed by atoms with Crippen molar-refractivity contribution in [3.05, 3.63) is 88.0 Å². The molecule has 1 aromatic heterocycles. The van der Waals surface area contributed by atoms with E-state index in [1.165, 1.54) is 22.3 Å². The van der Waals surface area contributed by atoms with Crippen LogP contribution in [0.5, 0.6) is 0 Å². The average Bonchev–Trinajstić information content (AvgIpc) is 3.41. The molecular weight excluding hydrogens is 659 g/mol. The van der Waals surface area contributed by atoms with E-state index in [0.29, 0.717) is 23.7 Å². The molecule has 0 N–H and O–H groups in total. The van der Waals surface area contributed by atoms with E-state index in [1.54, 1.807) is 23.1 Å². The number of aromatic nitrogens is 1. The van der Waals surface area contributed by atoms with Crippen LogP contribution in [0.2, 0.25) is 5.02 Å². The molecular formula is C28H24ClKN4O6S3. The van der Waals surface area contributed by atoms with Gasteiger partial charge < -0.3 is 18.9 Å². The van der Waals surface area contributed by atoms with E-state index in [-0.39, 0.29) is 75.1 Å². The molecule has 10 nitrogen and oxygen atoms in total. The second kappa shape index (κ2) is 13.6. The fraction of sp³-hybridized carbons (Fsp3) is 0.214. The molecule has 0 saturated heterocycles. The van der Waals surface area contributed by atoms with Crippen molar-refractivity contribution in [1.82, 2.24) is 0 Å². The fourth-order valence-corrected chi connectivity index (χ4v) is 7.48. The Morgan fingerprint density at radius 1 is 1.05 bits per heavy atom. The molecule has 5 rings (SSSR count). The van der Waals surface area contributed by atoms with Gasteiger partial charge in [0.25, 0.3) is 5.01 Å². The Kier molecular flexibility index (Phi) is 10.8. The number of fused-ring (bicyclic) bond motifs is 4. The van der Waals surface area contributed by atoms with Crippen LogP contribution in [0.15, 0.2) is 66.5 Å². The largest absolute Gasteiger partial charge is 1.00 e. The number of hydrogen-bond donors (Lipinski definition) is 0. The third kappa shape index (κ3) is 7.51. The third-order valence-electron chi connectivity index (χ3n) is 6.78. The van der Waals surface area contributed by atoms with Gasteiger partial charge in [-0.2, -0.15) is 4.57 Å². The van der Waals surface area contributed by atoms with Gasteiger partial charge in [0.1, 0.15) is 26.5 Å². The maximum absolute atomic E-state index is 11.9. The first-order valence-corrected chi connectivity index (χ1v) is 17.1. The smallest absolute Gasteiger partial charge is 0.748 e. The van der Waals surface area contributed by atoms with Crippen molar-refractivity contribution in [2.24, 2.45) is 0 Å². The standard InChI is InChI=1S/C28H25ClN4O6S3.K/c1-3-31-23-16-21(29)22(30-2)17-24(23)33(18-42(37,38)39)26(31)10-6-11-27-32(14-7-15-41(34,35)36)28-20-9-5-4-8-19(20)12-13-25(28)40-27;/h4-6,8-13,16-17H,3,7,14-15,18H2,1H3,(H-,34,35,36,37,38,39);/q;+1/p-1. The monoisotopic (exact) mass is 682 g/mol. The quantitative estimate of drug-likeness (QED) is 0.114. The van der Waals surface area contributed by atoms with Crippen molar-refractivity contribution in [3.8, 4) is 0 Å². The van der Waals surface area contributed by atoms with Crippen molar-refractivity contribution >= 4 is 87.3 Å². The van der Waals surface area contributed by atoms with Crippen molar-refractivity contribution in [2.45, 2.75) is 19.9 Å². The Labute approximate surface area is 301 Å². The van der Waals surface area contributed by atoms with Crippen LogP contribution in [-0.4, -0.2) is 44.1 Å². The molecule has 2 heterocycles. The minimum Gasteiger partial charge on any atom is -0.748 e. The van der Waals surface area contributed by atoms with Crippen LogP contribution in [0.4, 0.5) is 17.1 Å². The van der Waals surface area contributed by atoms with E-state index >= 15 is 0 Å². The maximum atomic E-state index is 11.9. The molecule has 0 radical (unpaired) electrons. The number of thiazole rings is 1. The van der Waals surface area contributed by atoms with Crippen molar-refractivity contribution in [1.29, 1.82) is 0 Å². The zero-order chi connectivity index (χ0) is 30.2. The summed E-state index contributed by atoms with van der Waals surface area (Å²) in [6, 6.07) is 14.9. The summed E-state index contributed by atoms with van der Waals surface area (Å²) in [5.41, 5.74) is 2.00. The molecule has 3 aromatic carbocycles. The first-order valence-electron chi connectivity index (χ1n) is 12.8. The van der Waals surface area contributed by atoms with Gasteiger partial charge in [-0.05, 0) is 42.7 Å². The fourth-order valence-electron chi connectivity index (χ4n) is 5.09. The number of hydrogen-bond acceptors (Lipinski definition) is 9. The Morgan fingerprint density at radius 3 is 2.44 bits per heavy atom. The summed E-state index contributed by atoms with van der Waals surface area (Å²) in [6.45, 7) is 9.97. The number of rotatable bonds is 9. The van der Waals surface area contributed by atoms with E-state index in [2.05, 4.69) is 4.85 Å². The SMILES string of the molecule is [C-]#[N+]c1cc2c(cc1Cl)N(CC)/C(=C\C=C\c1sc3ccc4ccccc4c3[n+]1CCCS(=O)(=O)[O-])N2CS(=O)(=O)[O-].[K+]. The molecule has 43 heavy (non-hydrogen) atoms. The van der Waals surface area contributed by atoms with E-state index < -0.39 is 31.9 Å². The van der Waals surface area contributed by atoms with E-state index in [1.807, 2.05) is 54.0 Å². The molecule has 1 aliphatic heterocycles. The van der Waals surface area contributed by atoms with Crippen LogP contribution in [0.25, 0.3) is 31.9 Å². The van der Waals surface area contributed by atoms with Crippen molar-refractivity contribution in [3.63, 3.8) is 0 Å². The summed E-state index contributed by atoms with van der Waals surface area (Å²) < 4.78 is 72.4. The number of aryl methyl sites for hydroxylation is 1. The zero-order valence-corrected chi connectivity index (χ0v) is 29.6. The number of benzene rings is 3. The minimum atomic E-state index is -4.69. The first-order chi connectivity index (χ1) is 19.9. The summed E-state index contributed by atoms with van der Waals surface area (Å²) in [7, 11) is -9.07. The molecule has 218 valence electrons. The van der Waals surface area contributed by atoms with Gasteiger partial charge in [-0.15, -0.1) is 0 Å². The van der Waals surface area contributed by atoms with Gasteiger partial charge in [0.2, 0.25) is 11.2 Å². The van der Waals surface area contributed by atoms with Gasteiger partial charge in [-0.1, -0.05) is 53.3 Å². The third-order valence-corrected chi connectivity index (χ3v) is 9.56. The van der Waals surface area contributed by atoms with Gasteiger partial charge in [-0.3, -0.25) is 0 Å². The summed E-state index contributed by atoms with van der Waals surface area (Å²) >= 11 is 7.77. The Morgan fingerprint density at radius 2 is 1.77 bits per heavy atom. The van der Waals surface area contributed by atoms with Crippen LogP contribution in [0.1, 0.15) is 18.4 Å². The predicted octanol–water partition coefficient (Wildman–Crippen LogP) is 2.19. The molecule has 0 amide bonds. The van der Waals surface area contributed by atoms with Crippen LogP contribution < -0.4 is 65.8 Å². The second-order valence-corrected chi connectivity index (χ2v) is 13.9. The minimum absolute atomic E-state index is 0. The van der Waals surface area contributed by atoms with Crippen LogP contribution in [-0.2, 0) is 26.8 Å². The summed E-state index contributed by atoms with van der Waals surface area (Å²) in [5, 5.41) is 2.99. The molecule has 0 spiro atoms. The number of halogens is 1. The molecule has 4 aromatic rings. The Bertz CT molecular complexity index is 2040. The predicted molar refractivity (Wildman–Crippen MR) is 164 cm³/mol. The molecule has 0 saturated carbocycles. The number of anilines is 2. The zero-order valence-electron chi connectivity index (χ0n) is 23.2. The molecule has 15 heteroatoms. The van der Waals surface area contributed by atoms with Crippen LogP contribution >= 0.6 is 22.9 Å². The van der Waals surface area contributed by atoms with Crippen molar-refractivity contribution < 1.29 is 81.9 Å². The number of nitrogens with zero attached hydrogens (tertiary/aromatic N) is 4. The van der Waals surface area contributed by atoms with Gasteiger partial charge in [0.15, 0.2) is 6.54 Å². The molecule has 1 aliphatic rings. The van der Waals surface area contributed by atoms with Gasteiger partial charge >= 0.3 is 51.4 Å². The normalized spacial score (nSPS) is 14.5. The molecule has 0 aliphatic carbocycles. The topological polar surface area (TPSA) is 129 Å². The van der Waals surface area contributed by atoms with Crippen LogP contribution in [0, 0.1) is 6.57 Å². The average molecular weight is 683 g/mol. The van der Waals surface area contributed by atoms with E-state index in [9.17, 15) is 25.9 Å². The van der Waals surface area contributed by atoms with Gasteiger partial charge in [-0.25, -0.2) is 21.7 Å². The molecule has 0 unspecified atom stereocenters. The number of allylic oxidation sites excluding steroid dienone is 2.